The van der Waals surface area contributed by atoms with Gasteiger partial charge >= 0.3 is 0 Å². The first kappa shape index (κ1) is 14.7. The molecule has 106 valence electrons. The Morgan fingerprint density at radius 3 is 3.00 bits per heavy atom. The first-order valence-electron chi connectivity index (χ1n) is 7.15. The van der Waals surface area contributed by atoms with Crippen LogP contribution < -0.4 is 10.1 Å². The summed E-state index contributed by atoms with van der Waals surface area (Å²) in [5, 5.41) is 4.46. The van der Waals surface area contributed by atoms with Gasteiger partial charge in [-0.3, -0.25) is 0 Å². The molecule has 0 saturated heterocycles. The van der Waals surface area contributed by atoms with Crippen LogP contribution in [0.15, 0.2) is 18.2 Å². The van der Waals surface area contributed by atoms with Gasteiger partial charge in [0.2, 0.25) is 0 Å². The smallest absolute Gasteiger partial charge is 0.119 e. The first-order valence-corrected chi connectivity index (χ1v) is 8.43. The molecule has 1 aromatic carbocycles. The summed E-state index contributed by atoms with van der Waals surface area (Å²) in [5.41, 5.74) is 2.96. The van der Waals surface area contributed by atoms with E-state index >= 15 is 0 Å². The Kier molecular flexibility index (Phi) is 5.59. The molecule has 0 aromatic heterocycles. The third-order valence-corrected chi connectivity index (χ3v) is 5.07. The molecule has 3 heteroatoms. The number of nitrogens with one attached hydrogen (secondary N) is 1. The number of aryl methyl sites for hydroxylation is 1. The second kappa shape index (κ2) is 7.20. The highest BCUT2D eigenvalue weighted by Crippen LogP contribution is 2.25. The van der Waals surface area contributed by atoms with Gasteiger partial charge in [-0.15, -0.1) is 0 Å². The fourth-order valence-electron chi connectivity index (χ4n) is 2.64. The summed E-state index contributed by atoms with van der Waals surface area (Å²) in [6, 6.07) is 7.13. The number of ether oxygens (including phenoxy) is 1. The van der Waals surface area contributed by atoms with E-state index in [1.54, 1.807) is 7.11 Å². The molecule has 0 fully saturated rings. The van der Waals surface area contributed by atoms with E-state index in [0.717, 1.165) is 24.0 Å². The minimum Gasteiger partial charge on any atom is -0.497 e. The molecule has 2 nitrogen and oxygen atoms in total. The van der Waals surface area contributed by atoms with Gasteiger partial charge in [0.25, 0.3) is 0 Å². The van der Waals surface area contributed by atoms with Crippen molar-refractivity contribution in [2.24, 2.45) is 0 Å². The van der Waals surface area contributed by atoms with E-state index in [4.69, 9.17) is 4.74 Å². The minimum atomic E-state index is 0.633. The van der Waals surface area contributed by atoms with Crippen LogP contribution in [0.25, 0.3) is 0 Å². The van der Waals surface area contributed by atoms with E-state index in [2.05, 4.69) is 36.7 Å². The fourth-order valence-corrected chi connectivity index (χ4v) is 3.00. The van der Waals surface area contributed by atoms with Crippen molar-refractivity contribution in [3.63, 3.8) is 0 Å². The Balaban J connectivity index is 1.86. The highest BCUT2D eigenvalue weighted by molar-refractivity contribution is 7.99. The summed E-state index contributed by atoms with van der Waals surface area (Å²) in [5.74, 6) is 0.982. The number of hydrogen-bond donors (Lipinski definition) is 1. The van der Waals surface area contributed by atoms with E-state index < -0.39 is 0 Å². The average molecular weight is 279 g/mol. The summed E-state index contributed by atoms with van der Waals surface area (Å²) in [4.78, 5) is 0. The van der Waals surface area contributed by atoms with Crippen LogP contribution in [0.5, 0.6) is 5.75 Å². The van der Waals surface area contributed by atoms with Crippen molar-refractivity contribution in [3.8, 4) is 5.75 Å². The fraction of sp³-hybridized carbons (Fsp3) is 0.625. The first-order chi connectivity index (χ1) is 9.22. The predicted octanol–water partition coefficient (Wildman–Crippen LogP) is 3.28. The van der Waals surface area contributed by atoms with Gasteiger partial charge in [-0.2, -0.15) is 11.8 Å². The van der Waals surface area contributed by atoms with Crippen LogP contribution in [0.4, 0.5) is 0 Å². The summed E-state index contributed by atoms with van der Waals surface area (Å²) in [6.07, 6.45) is 7.03. The lowest BCUT2D eigenvalue weighted by atomic mass is 9.88. The van der Waals surface area contributed by atoms with Crippen molar-refractivity contribution in [1.82, 2.24) is 5.32 Å². The Bertz CT molecular complexity index is 408. The molecule has 0 amide bonds. The maximum atomic E-state index is 5.32. The van der Waals surface area contributed by atoms with Crippen LogP contribution >= 0.6 is 11.8 Å². The molecule has 0 aliphatic heterocycles. The number of methoxy groups -OCH3 is 1. The molecule has 2 atom stereocenters. The molecule has 0 heterocycles. The van der Waals surface area contributed by atoms with Crippen molar-refractivity contribution >= 4 is 11.8 Å². The third-order valence-electron chi connectivity index (χ3n) is 4.03. The molecule has 1 aromatic rings. The quantitative estimate of drug-likeness (QED) is 0.863. The molecule has 0 radical (unpaired) electrons. The van der Waals surface area contributed by atoms with Gasteiger partial charge in [0, 0.05) is 11.3 Å². The summed E-state index contributed by atoms with van der Waals surface area (Å²) < 4.78 is 5.32. The van der Waals surface area contributed by atoms with Crippen molar-refractivity contribution in [3.05, 3.63) is 29.3 Å². The molecular formula is C16H25NOS. The topological polar surface area (TPSA) is 21.3 Å². The molecule has 0 bridgehead atoms. The molecule has 1 N–H and O–H groups in total. The zero-order valence-electron chi connectivity index (χ0n) is 12.2. The van der Waals surface area contributed by atoms with Gasteiger partial charge in [-0.05, 0) is 61.7 Å². The lowest BCUT2D eigenvalue weighted by Crippen LogP contribution is -2.35. The summed E-state index contributed by atoms with van der Waals surface area (Å²) in [7, 11) is 1.74. The second-order valence-electron chi connectivity index (χ2n) is 5.36. The van der Waals surface area contributed by atoms with E-state index in [1.807, 2.05) is 11.8 Å². The molecule has 2 rings (SSSR count). The lowest BCUT2D eigenvalue weighted by Gasteiger charge is -2.26. The number of fused-ring (bicyclic) bond motifs is 1. The predicted molar refractivity (Wildman–Crippen MR) is 84.4 cm³/mol. The van der Waals surface area contributed by atoms with E-state index in [-0.39, 0.29) is 0 Å². The largest absolute Gasteiger partial charge is 0.497 e. The van der Waals surface area contributed by atoms with Crippen LogP contribution in [0.3, 0.4) is 0 Å². The van der Waals surface area contributed by atoms with Crippen LogP contribution in [-0.4, -0.2) is 31.2 Å². The van der Waals surface area contributed by atoms with Crippen molar-refractivity contribution in [2.75, 3.05) is 19.9 Å². The monoisotopic (exact) mass is 279 g/mol. The molecule has 2 unspecified atom stereocenters. The zero-order chi connectivity index (χ0) is 13.7. The van der Waals surface area contributed by atoms with Gasteiger partial charge < -0.3 is 10.1 Å². The molecular weight excluding hydrogens is 254 g/mol. The van der Waals surface area contributed by atoms with Gasteiger partial charge in [0.1, 0.15) is 5.75 Å². The van der Waals surface area contributed by atoms with E-state index in [9.17, 15) is 0 Å². The highest BCUT2D eigenvalue weighted by Gasteiger charge is 2.18. The Labute approximate surface area is 121 Å². The zero-order valence-corrected chi connectivity index (χ0v) is 13.1. The molecule has 0 spiro atoms. The average Bonchev–Trinajstić information content (AvgIpc) is 2.46. The molecule has 19 heavy (non-hydrogen) atoms. The third kappa shape index (κ3) is 4.15. The van der Waals surface area contributed by atoms with Crippen LogP contribution in [0, 0.1) is 0 Å². The lowest BCUT2D eigenvalue weighted by molar-refractivity contribution is 0.411. The minimum absolute atomic E-state index is 0.633. The van der Waals surface area contributed by atoms with Crippen LogP contribution in [0.2, 0.25) is 0 Å². The van der Waals surface area contributed by atoms with Crippen LogP contribution in [-0.2, 0) is 12.8 Å². The highest BCUT2D eigenvalue weighted by atomic mass is 32.2. The van der Waals surface area contributed by atoms with Gasteiger partial charge in [-0.25, -0.2) is 0 Å². The van der Waals surface area contributed by atoms with Gasteiger partial charge in [-0.1, -0.05) is 13.0 Å². The van der Waals surface area contributed by atoms with Crippen molar-refractivity contribution in [1.29, 1.82) is 0 Å². The van der Waals surface area contributed by atoms with Crippen molar-refractivity contribution < 1.29 is 4.74 Å². The summed E-state index contributed by atoms with van der Waals surface area (Å²) in [6.45, 7) is 3.43. The standard InChI is InChI=1S/C16H25NOS/c1-12(19-3)8-9-17-15-6-4-13-5-7-16(18-2)11-14(13)10-15/h5,7,11-12,15,17H,4,6,8-10H2,1-3H3. The second-order valence-corrected chi connectivity index (χ2v) is 6.64. The number of thioether (sulfide) groups is 1. The Hall–Kier alpha value is -0.670. The Morgan fingerprint density at radius 1 is 1.42 bits per heavy atom. The molecule has 0 saturated carbocycles. The Morgan fingerprint density at radius 2 is 2.26 bits per heavy atom. The summed E-state index contributed by atoms with van der Waals surface area (Å²) >= 11 is 1.95. The van der Waals surface area contributed by atoms with E-state index in [1.165, 1.54) is 30.4 Å². The molecule has 1 aliphatic rings. The number of benzene rings is 1. The maximum Gasteiger partial charge on any atom is 0.119 e. The van der Waals surface area contributed by atoms with Gasteiger partial charge in [0.05, 0.1) is 7.11 Å². The number of hydrogen-bond acceptors (Lipinski definition) is 3. The van der Waals surface area contributed by atoms with Crippen LogP contribution in [0.1, 0.15) is 30.9 Å². The maximum absolute atomic E-state index is 5.32. The number of rotatable bonds is 6. The molecule has 1 aliphatic carbocycles. The normalized spacial score (nSPS) is 19.8. The van der Waals surface area contributed by atoms with Crippen molar-refractivity contribution in [2.45, 2.75) is 43.9 Å². The van der Waals surface area contributed by atoms with Gasteiger partial charge in [0.15, 0.2) is 0 Å². The SMILES string of the molecule is COc1ccc2c(c1)CC(NCCC(C)SC)CC2. The van der Waals surface area contributed by atoms with E-state index in [0.29, 0.717) is 6.04 Å².